The Balaban J connectivity index is 1.56. The Morgan fingerprint density at radius 3 is 2.52 bits per heavy atom. The van der Waals surface area contributed by atoms with Gasteiger partial charge in [-0.25, -0.2) is 13.4 Å². The summed E-state index contributed by atoms with van der Waals surface area (Å²) in [5, 5.41) is 3.17. The van der Waals surface area contributed by atoms with Crippen LogP contribution in [0.1, 0.15) is 54.9 Å². The lowest BCUT2D eigenvalue weighted by molar-refractivity contribution is -0.119. The molecule has 4 rings (SSSR count). The number of hydrogen-bond donors (Lipinski definition) is 1. The van der Waals surface area contributed by atoms with E-state index in [9.17, 15) is 18.0 Å². The molecular weight excluding hydrogens is 408 g/mol. The lowest BCUT2D eigenvalue weighted by Gasteiger charge is -2.20. The Bertz CT molecular complexity index is 1020. The Labute approximate surface area is 174 Å². The number of hydrogen-bond acceptors (Lipinski definition) is 6. The molecule has 2 aliphatic rings. The van der Waals surface area contributed by atoms with Crippen molar-refractivity contribution in [3.05, 3.63) is 40.9 Å². The number of thiazole rings is 1. The lowest BCUT2D eigenvalue weighted by Crippen LogP contribution is -2.23. The van der Waals surface area contributed by atoms with E-state index in [-0.39, 0.29) is 22.9 Å². The topological polar surface area (TPSA) is 93.2 Å². The van der Waals surface area contributed by atoms with Gasteiger partial charge in [-0.3, -0.25) is 9.59 Å². The van der Waals surface area contributed by atoms with E-state index in [1.165, 1.54) is 11.3 Å². The van der Waals surface area contributed by atoms with Crippen LogP contribution < -0.4 is 5.32 Å². The Kier molecular flexibility index (Phi) is 5.57. The van der Waals surface area contributed by atoms with Gasteiger partial charge < -0.3 is 5.32 Å². The van der Waals surface area contributed by atoms with Gasteiger partial charge in [-0.05, 0) is 56.2 Å². The number of nitrogens with one attached hydrogen (secondary N) is 1. The summed E-state index contributed by atoms with van der Waals surface area (Å²) in [5.74, 6) is -0.203. The van der Waals surface area contributed by atoms with Crippen LogP contribution in [0.4, 0.5) is 5.13 Å². The minimum Gasteiger partial charge on any atom is -0.301 e. The highest BCUT2D eigenvalue weighted by molar-refractivity contribution is 7.92. The van der Waals surface area contributed by atoms with Gasteiger partial charge in [0, 0.05) is 23.9 Å². The number of nitrogens with zero attached hydrogens (tertiary/aromatic N) is 1. The van der Waals surface area contributed by atoms with Crippen molar-refractivity contribution in [2.45, 2.75) is 61.5 Å². The standard InChI is InChI=1S/C21H24N2O4S2/c1-13-12-22-21(28-13)23-20(25)19(11-14-2-5-16(24)10-14)15-3-6-17(7-4-15)29(26,27)18-8-9-18/h3-4,6-7,12,14,18-19H,2,5,8-11H2,1H3,(H,22,23,25)/t14-,19+/m0/s1. The van der Waals surface area contributed by atoms with Crippen molar-refractivity contribution in [3.8, 4) is 0 Å². The van der Waals surface area contributed by atoms with Crippen molar-refractivity contribution in [1.82, 2.24) is 4.98 Å². The first-order valence-corrected chi connectivity index (χ1v) is 12.3. The van der Waals surface area contributed by atoms with Crippen LogP contribution in [0.3, 0.4) is 0 Å². The predicted molar refractivity (Wildman–Crippen MR) is 112 cm³/mol. The maximum Gasteiger partial charge on any atom is 0.233 e. The number of carbonyl (C=O) groups excluding carboxylic acids is 2. The number of ketones is 1. The van der Waals surface area contributed by atoms with E-state index in [2.05, 4.69) is 10.3 Å². The summed E-state index contributed by atoms with van der Waals surface area (Å²) in [5.41, 5.74) is 0.768. The summed E-state index contributed by atoms with van der Waals surface area (Å²) in [6.45, 7) is 1.92. The van der Waals surface area contributed by atoms with Crippen LogP contribution in [-0.2, 0) is 19.4 Å². The Morgan fingerprint density at radius 1 is 1.24 bits per heavy atom. The van der Waals surface area contributed by atoms with E-state index in [0.717, 1.165) is 29.7 Å². The van der Waals surface area contributed by atoms with E-state index in [4.69, 9.17) is 0 Å². The zero-order valence-electron chi connectivity index (χ0n) is 16.3. The molecule has 1 N–H and O–H groups in total. The minimum absolute atomic E-state index is 0.170. The number of rotatable bonds is 7. The lowest BCUT2D eigenvalue weighted by atomic mass is 9.87. The van der Waals surface area contributed by atoms with Crippen molar-refractivity contribution in [1.29, 1.82) is 0 Å². The molecule has 2 atom stereocenters. The van der Waals surface area contributed by atoms with Crippen LogP contribution in [0.2, 0.25) is 0 Å². The molecular formula is C21H24N2O4S2. The highest BCUT2D eigenvalue weighted by Gasteiger charge is 2.37. The fourth-order valence-corrected chi connectivity index (χ4v) is 6.21. The molecule has 6 nitrogen and oxygen atoms in total. The average Bonchev–Trinajstić information content (AvgIpc) is 3.37. The molecule has 1 aromatic carbocycles. The summed E-state index contributed by atoms with van der Waals surface area (Å²) in [6.07, 6.45) is 5.60. The van der Waals surface area contributed by atoms with Gasteiger partial charge >= 0.3 is 0 Å². The van der Waals surface area contributed by atoms with Crippen LogP contribution in [0.5, 0.6) is 0 Å². The third-order valence-corrected chi connectivity index (χ3v) is 8.77. The van der Waals surface area contributed by atoms with Crippen molar-refractivity contribution >= 4 is 38.0 Å². The summed E-state index contributed by atoms with van der Waals surface area (Å²) in [7, 11) is -3.26. The first-order chi connectivity index (χ1) is 13.8. The minimum atomic E-state index is -3.26. The number of aromatic nitrogens is 1. The number of sulfone groups is 1. The number of carbonyl (C=O) groups is 2. The molecule has 2 aromatic rings. The van der Waals surface area contributed by atoms with Gasteiger partial charge in [0.15, 0.2) is 15.0 Å². The third-order valence-electron chi connectivity index (χ3n) is 5.66. The van der Waals surface area contributed by atoms with Crippen LogP contribution in [0.15, 0.2) is 35.4 Å². The number of aryl methyl sites for hydroxylation is 1. The fraction of sp³-hybridized carbons (Fsp3) is 0.476. The summed E-state index contributed by atoms with van der Waals surface area (Å²) < 4.78 is 24.9. The maximum absolute atomic E-state index is 13.0. The number of benzene rings is 1. The highest BCUT2D eigenvalue weighted by Crippen LogP contribution is 2.36. The molecule has 0 saturated heterocycles. The summed E-state index contributed by atoms with van der Waals surface area (Å²) in [4.78, 5) is 30.3. The summed E-state index contributed by atoms with van der Waals surface area (Å²) >= 11 is 1.41. The molecule has 0 spiro atoms. The van der Waals surface area contributed by atoms with Crippen LogP contribution in [0, 0.1) is 12.8 Å². The van der Waals surface area contributed by atoms with Crippen molar-refractivity contribution < 1.29 is 18.0 Å². The van der Waals surface area contributed by atoms with Gasteiger partial charge in [-0.2, -0.15) is 0 Å². The van der Waals surface area contributed by atoms with E-state index in [0.29, 0.717) is 29.3 Å². The molecule has 0 aliphatic heterocycles. The molecule has 2 fully saturated rings. The van der Waals surface area contributed by atoms with Gasteiger partial charge in [0.25, 0.3) is 0 Å². The van der Waals surface area contributed by atoms with Crippen LogP contribution in [-0.4, -0.2) is 30.3 Å². The Hall–Kier alpha value is -2.06. The largest absolute Gasteiger partial charge is 0.301 e. The second-order valence-electron chi connectivity index (χ2n) is 8.01. The molecule has 1 amide bonds. The van der Waals surface area contributed by atoms with E-state index in [1.54, 1.807) is 30.5 Å². The van der Waals surface area contributed by atoms with Crippen molar-refractivity contribution in [2.75, 3.05) is 5.32 Å². The van der Waals surface area contributed by atoms with Crippen LogP contribution in [0.25, 0.3) is 0 Å². The van der Waals surface area contributed by atoms with Gasteiger partial charge in [-0.15, -0.1) is 11.3 Å². The monoisotopic (exact) mass is 432 g/mol. The van der Waals surface area contributed by atoms with E-state index in [1.807, 2.05) is 6.92 Å². The van der Waals surface area contributed by atoms with E-state index >= 15 is 0 Å². The molecule has 0 bridgehead atoms. The normalized spacial score (nSPS) is 20.6. The SMILES string of the molecule is Cc1cnc(NC(=O)[C@H](C[C@H]2CCC(=O)C2)c2ccc(S(=O)(=O)C3CC3)cc2)s1. The molecule has 29 heavy (non-hydrogen) atoms. The zero-order valence-corrected chi connectivity index (χ0v) is 17.9. The molecule has 1 aromatic heterocycles. The average molecular weight is 433 g/mol. The molecule has 154 valence electrons. The zero-order chi connectivity index (χ0) is 20.6. The number of anilines is 1. The second-order valence-corrected chi connectivity index (χ2v) is 11.5. The summed E-state index contributed by atoms with van der Waals surface area (Å²) in [6, 6.07) is 6.69. The molecule has 0 radical (unpaired) electrons. The molecule has 8 heteroatoms. The molecule has 0 unspecified atom stereocenters. The highest BCUT2D eigenvalue weighted by atomic mass is 32.2. The fourth-order valence-electron chi connectivity index (χ4n) is 3.89. The molecule has 1 heterocycles. The number of amides is 1. The second kappa shape index (κ2) is 7.99. The quantitative estimate of drug-likeness (QED) is 0.717. The van der Waals surface area contributed by atoms with E-state index < -0.39 is 15.8 Å². The molecule has 2 saturated carbocycles. The van der Waals surface area contributed by atoms with Crippen molar-refractivity contribution in [3.63, 3.8) is 0 Å². The van der Waals surface area contributed by atoms with Crippen LogP contribution >= 0.6 is 11.3 Å². The van der Waals surface area contributed by atoms with Crippen molar-refractivity contribution in [2.24, 2.45) is 5.92 Å². The smallest absolute Gasteiger partial charge is 0.233 e. The maximum atomic E-state index is 13.0. The Morgan fingerprint density at radius 2 is 1.97 bits per heavy atom. The first-order valence-electron chi connectivity index (χ1n) is 9.92. The third kappa shape index (κ3) is 4.59. The number of Topliss-reactive ketones (excluding diaryl/α,β-unsaturated/α-hetero) is 1. The predicted octanol–water partition coefficient (Wildman–Crippen LogP) is 3.87. The van der Waals surface area contributed by atoms with Gasteiger partial charge in [-0.1, -0.05) is 12.1 Å². The molecule has 2 aliphatic carbocycles. The first kappa shape index (κ1) is 20.2. The van der Waals surface area contributed by atoms with Gasteiger partial charge in [0.2, 0.25) is 5.91 Å². The van der Waals surface area contributed by atoms with Gasteiger partial charge in [0.1, 0.15) is 5.78 Å². The van der Waals surface area contributed by atoms with Gasteiger partial charge in [0.05, 0.1) is 16.1 Å².